The summed E-state index contributed by atoms with van der Waals surface area (Å²) in [6.45, 7) is 5.83. The molecule has 6 heteroatoms. The van der Waals surface area contributed by atoms with Gasteiger partial charge in [0.2, 0.25) is 0 Å². The molecule has 1 aliphatic rings. The van der Waals surface area contributed by atoms with Gasteiger partial charge in [-0.1, -0.05) is 15.9 Å². The molecule has 0 saturated heterocycles. The number of nitrogens with one attached hydrogen (secondary N) is 1. The fourth-order valence-corrected chi connectivity index (χ4v) is 2.24. The van der Waals surface area contributed by atoms with E-state index >= 15 is 0 Å². The van der Waals surface area contributed by atoms with E-state index in [-0.39, 0.29) is 5.54 Å². The number of hydrogen-bond acceptors (Lipinski definition) is 4. The molecule has 0 aliphatic heterocycles. The van der Waals surface area contributed by atoms with Gasteiger partial charge in [0, 0.05) is 10.0 Å². The third-order valence-corrected chi connectivity index (χ3v) is 3.95. The largest absolute Gasteiger partial charge is 0.491 e. The zero-order valence-electron chi connectivity index (χ0n) is 12.9. The number of aldehydes is 1. The van der Waals surface area contributed by atoms with Gasteiger partial charge in [0.1, 0.15) is 18.0 Å². The number of halogens is 1. The molecule has 1 aliphatic carbocycles. The Kier molecular flexibility index (Phi) is 4.80. The summed E-state index contributed by atoms with van der Waals surface area (Å²) < 4.78 is 11.7. The van der Waals surface area contributed by atoms with Crippen LogP contribution in [0.25, 0.3) is 0 Å². The quantitative estimate of drug-likeness (QED) is 0.803. The first-order valence-electron chi connectivity index (χ1n) is 7.12. The summed E-state index contributed by atoms with van der Waals surface area (Å²) in [7, 11) is 0. The Labute approximate surface area is 138 Å². The van der Waals surface area contributed by atoms with Gasteiger partial charge in [0.05, 0.1) is 5.54 Å². The molecule has 0 heterocycles. The lowest BCUT2D eigenvalue weighted by Crippen LogP contribution is -2.44. The van der Waals surface area contributed by atoms with Crippen molar-refractivity contribution in [3.8, 4) is 5.75 Å². The lowest BCUT2D eigenvalue weighted by atomic mass is 10.2. The van der Waals surface area contributed by atoms with Crippen molar-refractivity contribution >= 4 is 28.3 Å². The van der Waals surface area contributed by atoms with Crippen LogP contribution in [-0.2, 0) is 4.74 Å². The molecule has 0 atom stereocenters. The molecule has 0 bridgehead atoms. The lowest BCUT2D eigenvalue weighted by molar-refractivity contribution is 0.0477. The molecule has 1 N–H and O–H groups in total. The first kappa shape index (κ1) is 16.8. The first-order chi connectivity index (χ1) is 10.2. The Morgan fingerprint density at radius 3 is 2.64 bits per heavy atom. The fourth-order valence-electron chi connectivity index (χ4n) is 1.90. The maximum absolute atomic E-state index is 11.8. The van der Waals surface area contributed by atoms with Crippen LogP contribution in [0.5, 0.6) is 5.75 Å². The molecule has 22 heavy (non-hydrogen) atoms. The van der Waals surface area contributed by atoms with Gasteiger partial charge in [-0.3, -0.25) is 4.79 Å². The van der Waals surface area contributed by atoms with Crippen molar-refractivity contribution in [2.45, 2.75) is 44.8 Å². The topological polar surface area (TPSA) is 64.6 Å². The SMILES string of the molecule is CC(C)(C)OC(=O)NC1(COc2ccc(Br)c(C=O)c2)CC1. The van der Waals surface area contributed by atoms with Crippen LogP contribution >= 0.6 is 15.9 Å². The van der Waals surface area contributed by atoms with Gasteiger partial charge in [-0.15, -0.1) is 0 Å². The summed E-state index contributed by atoms with van der Waals surface area (Å²) >= 11 is 3.29. The number of rotatable bonds is 5. The molecule has 120 valence electrons. The number of amides is 1. The van der Waals surface area contributed by atoms with Crippen LogP contribution in [0.3, 0.4) is 0 Å². The van der Waals surface area contributed by atoms with Gasteiger partial charge in [-0.2, -0.15) is 0 Å². The standard InChI is InChI=1S/C16H20BrNO4/c1-15(2,3)22-14(20)18-16(6-7-16)10-21-12-4-5-13(17)11(8-12)9-19/h4-5,8-9H,6-7,10H2,1-3H3,(H,18,20). The van der Waals surface area contributed by atoms with Gasteiger partial charge in [0.15, 0.2) is 6.29 Å². The molecule has 1 amide bonds. The lowest BCUT2D eigenvalue weighted by Gasteiger charge is -2.23. The third kappa shape index (κ3) is 4.73. The summed E-state index contributed by atoms with van der Waals surface area (Å²) in [5, 5.41) is 2.87. The highest BCUT2D eigenvalue weighted by Crippen LogP contribution is 2.36. The van der Waals surface area contributed by atoms with Crippen LogP contribution in [-0.4, -0.2) is 30.1 Å². The van der Waals surface area contributed by atoms with Crippen molar-refractivity contribution in [3.05, 3.63) is 28.2 Å². The fraction of sp³-hybridized carbons (Fsp3) is 0.500. The second-order valence-electron chi connectivity index (χ2n) is 6.50. The van der Waals surface area contributed by atoms with Crippen molar-refractivity contribution < 1.29 is 19.1 Å². The molecule has 1 aromatic carbocycles. The van der Waals surface area contributed by atoms with E-state index in [9.17, 15) is 9.59 Å². The normalized spacial score (nSPS) is 15.8. The monoisotopic (exact) mass is 369 g/mol. The molecule has 0 aromatic heterocycles. The Hall–Kier alpha value is -1.56. The van der Waals surface area contributed by atoms with E-state index in [0.29, 0.717) is 17.9 Å². The number of carbonyl (C=O) groups excluding carboxylic acids is 2. The van der Waals surface area contributed by atoms with Gasteiger partial charge < -0.3 is 14.8 Å². The molecule has 2 rings (SSSR count). The maximum Gasteiger partial charge on any atom is 0.408 e. The first-order valence-corrected chi connectivity index (χ1v) is 7.91. The molecule has 1 aromatic rings. The Bertz CT molecular complexity index is 576. The van der Waals surface area contributed by atoms with Crippen LogP contribution in [0.2, 0.25) is 0 Å². The van der Waals surface area contributed by atoms with Crippen LogP contribution in [0.1, 0.15) is 44.0 Å². The van der Waals surface area contributed by atoms with Crippen LogP contribution < -0.4 is 10.1 Å². The maximum atomic E-state index is 11.8. The summed E-state index contributed by atoms with van der Waals surface area (Å²) in [6, 6.07) is 5.21. The highest BCUT2D eigenvalue weighted by Gasteiger charge is 2.46. The molecular weight excluding hydrogens is 350 g/mol. The van der Waals surface area contributed by atoms with Crippen molar-refractivity contribution in [2.75, 3.05) is 6.61 Å². The highest BCUT2D eigenvalue weighted by atomic mass is 79.9. The number of benzene rings is 1. The Morgan fingerprint density at radius 1 is 1.41 bits per heavy atom. The molecule has 5 nitrogen and oxygen atoms in total. The minimum absolute atomic E-state index is 0.353. The second kappa shape index (κ2) is 6.28. The van der Waals surface area contributed by atoms with Crippen LogP contribution in [0.4, 0.5) is 4.79 Å². The van der Waals surface area contributed by atoms with Crippen LogP contribution in [0, 0.1) is 0 Å². The summed E-state index contributed by atoms with van der Waals surface area (Å²) in [5.74, 6) is 0.600. The molecule has 0 unspecified atom stereocenters. The molecule has 1 saturated carbocycles. The van der Waals surface area contributed by atoms with Gasteiger partial charge in [0.25, 0.3) is 0 Å². The number of carbonyl (C=O) groups is 2. The Balaban J connectivity index is 1.91. The van der Waals surface area contributed by atoms with Gasteiger partial charge in [-0.05, 0) is 51.8 Å². The van der Waals surface area contributed by atoms with Crippen LogP contribution in [0.15, 0.2) is 22.7 Å². The minimum atomic E-state index is -0.522. The molecule has 0 radical (unpaired) electrons. The summed E-state index contributed by atoms with van der Waals surface area (Å²) in [5.41, 5.74) is -0.357. The summed E-state index contributed by atoms with van der Waals surface area (Å²) in [6.07, 6.45) is 2.04. The molecule has 0 spiro atoms. The number of alkyl carbamates (subject to hydrolysis) is 1. The van der Waals surface area contributed by atoms with Crippen molar-refractivity contribution in [1.29, 1.82) is 0 Å². The van der Waals surface area contributed by atoms with E-state index in [1.165, 1.54) is 0 Å². The van der Waals surface area contributed by atoms with E-state index in [1.807, 2.05) is 20.8 Å². The van der Waals surface area contributed by atoms with E-state index in [4.69, 9.17) is 9.47 Å². The van der Waals surface area contributed by atoms with Crippen molar-refractivity contribution in [1.82, 2.24) is 5.32 Å². The van der Waals surface area contributed by atoms with Crippen molar-refractivity contribution in [3.63, 3.8) is 0 Å². The Morgan fingerprint density at radius 2 is 2.09 bits per heavy atom. The van der Waals surface area contributed by atoms with E-state index in [2.05, 4.69) is 21.2 Å². The van der Waals surface area contributed by atoms with E-state index in [0.717, 1.165) is 23.6 Å². The third-order valence-electron chi connectivity index (χ3n) is 3.23. The average Bonchev–Trinajstić information content (AvgIpc) is 3.15. The predicted molar refractivity (Wildman–Crippen MR) is 86.4 cm³/mol. The number of hydrogen-bond donors (Lipinski definition) is 1. The molecule has 1 fully saturated rings. The van der Waals surface area contributed by atoms with Gasteiger partial charge >= 0.3 is 6.09 Å². The van der Waals surface area contributed by atoms with E-state index < -0.39 is 11.7 Å². The van der Waals surface area contributed by atoms with Crippen molar-refractivity contribution in [2.24, 2.45) is 0 Å². The second-order valence-corrected chi connectivity index (χ2v) is 7.35. The zero-order chi connectivity index (χ0) is 16.4. The van der Waals surface area contributed by atoms with Gasteiger partial charge in [-0.25, -0.2) is 4.79 Å². The number of ether oxygens (including phenoxy) is 2. The highest BCUT2D eigenvalue weighted by molar-refractivity contribution is 9.10. The summed E-state index contributed by atoms with van der Waals surface area (Å²) in [4.78, 5) is 22.7. The predicted octanol–water partition coefficient (Wildman–Crippen LogP) is 3.70. The van der Waals surface area contributed by atoms with E-state index in [1.54, 1.807) is 18.2 Å². The average molecular weight is 370 g/mol. The smallest absolute Gasteiger partial charge is 0.408 e. The molecular formula is C16H20BrNO4. The zero-order valence-corrected chi connectivity index (χ0v) is 14.5. The minimum Gasteiger partial charge on any atom is -0.491 e.